The average molecular weight is 402 g/mol. The van der Waals surface area contributed by atoms with E-state index in [1.54, 1.807) is 4.90 Å². The lowest BCUT2D eigenvalue weighted by atomic mass is 10.0. The SMILES string of the molecule is Cc1ccc2c(c1)COC(=O)N2C1CCN(S(=O)(=O)c2cccc(O)c2)CC1. The number of hydrogen-bond acceptors (Lipinski definition) is 5. The number of piperidine rings is 1. The normalized spacial score (nSPS) is 18.6. The summed E-state index contributed by atoms with van der Waals surface area (Å²) in [5.41, 5.74) is 2.91. The second kappa shape index (κ2) is 7.10. The molecule has 28 heavy (non-hydrogen) atoms. The van der Waals surface area contributed by atoms with Gasteiger partial charge in [0.25, 0.3) is 0 Å². The molecular formula is C20H22N2O5S. The molecule has 7 nitrogen and oxygen atoms in total. The zero-order valence-corrected chi connectivity index (χ0v) is 16.4. The van der Waals surface area contributed by atoms with E-state index in [1.807, 2.05) is 25.1 Å². The highest BCUT2D eigenvalue weighted by molar-refractivity contribution is 7.89. The van der Waals surface area contributed by atoms with Crippen LogP contribution < -0.4 is 4.90 Å². The molecule has 0 unspecified atom stereocenters. The molecular weight excluding hydrogens is 380 g/mol. The zero-order valence-electron chi connectivity index (χ0n) is 15.5. The first-order chi connectivity index (χ1) is 13.4. The summed E-state index contributed by atoms with van der Waals surface area (Å²) in [5, 5.41) is 9.59. The third-order valence-electron chi connectivity index (χ3n) is 5.29. The van der Waals surface area contributed by atoms with Gasteiger partial charge in [-0.1, -0.05) is 23.8 Å². The van der Waals surface area contributed by atoms with Crippen molar-refractivity contribution < 1.29 is 23.1 Å². The number of nitrogens with zero attached hydrogens (tertiary/aromatic N) is 2. The summed E-state index contributed by atoms with van der Waals surface area (Å²) in [5.74, 6) is -0.0843. The molecule has 148 valence electrons. The Kier molecular flexibility index (Phi) is 4.76. The highest BCUT2D eigenvalue weighted by Gasteiger charge is 2.37. The molecule has 4 rings (SSSR count). The maximum absolute atomic E-state index is 12.8. The molecule has 1 fully saturated rings. The van der Waals surface area contributed by atoms with E-state index in [0.717, 1.165) is 16.8 Å². The first-order valence-corrected chi connectivity index (χ1v) is 10.6. The number of sulfonamides is 1. The molecule has 0 radical (unpaired) electrons. The van der Waals surface area contributed by atoms with E-state index in [1.165, 1.54) is 28.6 Å². The van der Waals surface area contributed by atoms with Gasteiger partial charge in [0.15, 0.2) is 0 Å². The minimum absolute atomic E-state index is 0.0733. The fourth-order valence-corrected chi connectivity index (χ4v) is 5.36. The molecule has 2 aromatic rings. The fraction of sp³-hybridized carbons (Fsp3) is 0.350. The van der Waals surface area contributed by atoms with Crippen molar-refractivity contribution in [2.75, 3.05) is 18.0 Å². The summed E-state index contributed by atoms with van der Waals surface area (Å²) < 4.78 is 32.4. The van der Waals surface area contributed by atoms with Crippen LogP contribution in [0, 0.1) is 6.92 Å². The Morgan fingerprint density at radius 1 is 1.11 bits per heavy atom. The maximum Gasteiger partial charge on any atom is 0.414 e. The van der Waals surface area contributed by atoms with Crippen LogP contribution in [0.1, 0.15) is 24.0 Å². The van der Waals surface area contributed by atoms with Gasteiger partial charge >= 0.3 is 6.09 Å². The van der Waals surface area contributed by atoms with Crippen LogP contribution >= 0.6 is 0 Å². The molecule has 0 atom stereocenters. The number of benzene rings is 2. The number of phenolic OH excluding ortho intramolecular Hbond substituents is 1. The summed E-state index contributed by atoms with van der Waals surface area (Å²) in [4.78, 5) is 14.2. The summed E-state index contributed by atoms with van der Waals surface area (Å²) in [6.07, 6.45) is 0.645. The first kappa shape index (κ1) is 18.8. The molecule has 0 aromatic heterocycles. The van der Waals surface area contributed by atoms with Crippen LogP contribution in [0.3, 0.4) is 0 Å². The van der Waals surface area contributed by atoms with Gasteiger partial charge in [-0.15, -0.1) is 0 Å². The van der Waals surface area contributed by atoms with Crippen LogP contribution in [0.25, 0.3) is 0 Å². The van der Waals surface area contributed by atoms with Crippen molar-refractivity contribution in [1.29, 1.82) is 0 Å². The Labute approximate surface area is 164 Å². The summed E-state index contributed by atoms with van der Waals surface area (Å²) in [6, 6.07) is 11.5. The molecule has 1 N–H and O–H groups in total. The average Bonchev–Trinajstić information content (AvgIpc) is 2.68. The van der Waals surface area contributed by atoms with Gasteiger partial charge in [0.2, 0.25) is 10.0 Å². The molecule has 0 saturated carbocycles. The smallest absolute Gasteiger partial charge is 0.414 e. The van der Waals surface area contributed by atoms with Gasteiger partial charge in [-0.05, 0) is 44.0 Å². The fourth-order valence-electron chi connectivity index (χ4n) is 3.85. The van der Waals surface area contributed by atoms with Crippen LogP contribution in [0.15, 0.2) is 47.4 Å². The highest BCUT2D eigenvalue weighted by Crippen LogP contribution is 2.33. The van der Waals surface area contributed by atoms with E-state index >= 15 is 0 Å². The number of phenols is 1. The van der Waals surface area contributed by atoms with Gasteiger partial charge in [0.1, 0.15) is 12.4 Å². The lowest BCUT2D eigenvalue weighted by Gasteiger charge is -2.39. The van der Waals surface area contributed by atoms with Crippen LogP contribution in [-0.4, -0.2) is 43.1 Å². The van der Waals surface area contributed by atoms with Crippen molar-refractivity contribution >= 4 is 21.8 Å². The van der Waals surface area contributed by atoms with Crippen LogP contribution in [0.5, 0.6) is 5.75 Å². The monoisotopic (exact) mass is 402 g/mol. The largest absolute Gasteiger partial charge is 0.508 e. The van der Waals surface area contributed by atoms with Crippen molar-refractivity contribution in [3.63, 3.8) is 0 Å². The third-order valence-corrected chi connectivity index (χ3v) is 7.18. The van der Waals surface area contributed by atoms with Crippen molar-refractivity contribution in [2.45, 2.75) is 37.3 Å². The number of amides is 1. The van der Waals surface area contributed by atoms with Crippen LogP contribution in [0.2, 0.25) is 0 Å². The number of ether oxygens (including phenoxy) is 1. The summed E-state index contributed by atoms with van der Waals surface area (Å²) in [6.45, 7) is 2.85. The van der Waals surface area contributed by atoms with Gasteiger partial charge in [-0.25, -0.2) is 13.2 Å². The number of aromatic hydroxyl groups is 1. The Morgan fingerprint density at radius 2 is 1.86 bits per heavy atom. The number of aryl methyl sites for hydroxylation is 1. The van der Waals surface area contributed by atoms with E-state index < -0.39 is 10.0 Å². The quantitative estimate of drug-likeness (QED) is 0.853. The predicted molar refractivity (Wildman–Crippen MR) is 104 cm³/mol. The Hall–Kier alpha value is -2.58. The van der Waals surface area contributed by atoms with Crippen molar-refractivity contribution in [3.8, 4) is 5.75 Å². The molecule has 2 aromatic carbocycles. The molecule has 8 heteroatoms. The Morgan fingerprint density at radius 3 is 2.57 bits per heavy atom. The standard InChI is InChI=1S/C20H22N2O5S/c1-14-5-6-19-15(11-14)13-27-20(24)22(19)16-7-9-21(10-8-16)28(25,26)18-4-2-3-17(23)12-18/h2-6,11-12,16,23H,7-10,13H2,1H3. The molecule has 0 spiro atoms. The van der Waals surface area contributed by atoms with E-state index in [0.29, 0.717) is 25.9 Å². The van der Waals surface area contributed by atoms with Gasteiger partial charge in [-0.3, -0.25) is 4.90 Å². The molecule has 2 aliphatic heterocycles. The second-order valence-electron chi connectivity index (χ2n) is 7.19. The van der Waals surface area contributed by atoms with Gasteiger partial charge in [-0.2, -0.15) is 4.31 Å². The summed E-state index contributed by atoms with van der Waals surface area (Å²) >= 11 is 0. The number of anilines is 1. The van der Waals surface area contributed by atoms with E-state index in [4.69, 9.17) is 4.74 Å². The van der Waals surface area contributed by atoms with Gasteiger partial charge in [0.05, 0.1) is 10.6 Å². The van der Waals surface area contributed by atoms with E-state index in [-0.39, 0.29) is 29.4 Å². The van der Waals surface area contributed by atoms with Crippen LogP contribution in [-0.2, 0) is 21.4 Å². The van der Waals surface area contributed by atoms with Gasteiger partial charge < -0.3 is 9.84 Å². The molecule has 2 heterocycles. The number of cyclic esters (lactones) is 1. The minimum atomic E-state index is -3.68. The minimum Gasteiger partial charge on any atom is -0.508 e. The second-order valence-corrected chi connectivity index (χ2v) is 9.13. The Balaban J connectivity index is 1.53. The highest BCUT2D eigenvalue weighted by atomic mass is 32.2. The number of hydrogen-bond donors (Lipinski definition) is 1. The summed E-state index contributed by atoms with van der Waals surface area (Å²) in [7, 11) is -3.68. The maximum atomic E-state index is 12.8. The zero-order chi connectivity index (χ0) is 19.9. The molecule has 1 amide bonds. The van der Waals surface area contributed by atoms with Crippen molar-refractivity contribution in [2.24, 2.45) is 0 Å². The molecule has 0 aliphatic carbocycles. The lowest BCUT2D eigenvalue weighted by Crippen LogP contribution is -2.50. The van der Waals surface area contributed by atoms with Gasteiger partial charge in [0, 0.05) is 24.7 Å². The number of carbonyl (C=O) groups is 1. The molecule has 0 bridgehead atoms. The molecule has 1 saturated heterocycles. The Bertz CT molecular complexity index is 1010. The third kappa shape index (κ3) is 3.33. The van der Waals surface area contributed by atoms with Crippen molar-refractivity contribution in [1.82, 2.24) is 4.31 Å². The first-order valence-electron chi connectivity index (χ1n) is 9.21. The van der Waals surface area contributed by atoms with E-state index in [2.05, 4.69) is 0 Å². The number of fused-ring (bicyclic) bond motifs is 1. The number of rotatable bonds is 3. The molecule has 2 aliphatic rings. The van der Waals surface area contributed by atoms with E-state index in [9.17, 15) is 18.3 Å². The lowest BCUT2D eigenvalue weighted by molar-refractivity contribution is 0.135. The van der Waals surface area contributed by atoms with Crippen LogP contribution in [0.4, 0.5) is 10.5 Å². The predicted octanol–water partition coefficient (Wildman–Crippen LogP) is 3.01. The van der Waals surface area contributed by atoms with Crippen molar-refractivity contribution in [3.05, 3.63) is 53.6 Å². The topological polar surface area (TPSA) is 87.2 Å². The number of carbonyl (C=O) groups excluding carboxylic acids is 1.